The molecule has 0 amide bonds. The van der Waals surface area contributed by atoms with Crippen LogP contribution < -0.4 is 10.2 Å². The van der Waals surface area contributed by atoms with Gasteiger partial charge in [0.1, 0.15) is 17.7 Å². The van der Waals surface area contributed by atoms with Gasteiger partial charge in [-0.3, -0.25) is 4.68 Å². The van der Waals surface area contributed by atoms with E-state index in [4.69, 9.17) is 0 Å². The Hall–Kier alpha value is -2.59. The average molecular weight is 433 g/mol. The van der Waals surface area contributed by atoms with E-state index in [2.05, 4.69) is 20.6 Å². The lowest BCUT2D eigenvalue weighted by atomic mass is 9.97. The van der Waals surface area contributed by atoms with Crippen molar-refractivity contribution in [3.05, 3.63) is 30.3 Å². The van der Waals surface area contributed by atoms with Crippen molar-refractivity contribution in [1.82, 2.24) is 25.3 Å². The Morgan fingerprint density at radius 2 is 2.10 bits per heavy atom. The van der Waals surface area contributed by atoms with Crippen LogP contribution in [0.4, 0.5) is 13.9 Å². The highest BCUT2D eigenvalue weighted by Gasteiger charge is 2.44. The third-order valence-corrected chi connectivity index (χ3v) is 7.15. The van der Waals surface area contributed by atoms with Crippen molar-refractivity contribution < 1.29 is 13.9 Å². The fraction of sp³-hybridized carbons (Fsp3) is 0.450. The van der Waals surface area contributed by atoms with Crippen molar-refractivity contribution in [3.63, 3.8) is 0 Å². The maximum absolute atomic E-state index is 14.9. The molecule has 2 saturated heterocycles. The molecule has 10 heteroatoms. The molecule has 4 heterocycles. The number of hydrogen-bond acceptors (Lipinski definition) is 7. The monoisotopic (exact) mass is 432 g/mol. The molecule has 1 aromatic carbocycles. The number of nitrogens with one attached hydrogen (secondary N) is 1. The van der Waals surface area contributed by atoms with Gasteiger partial charge in [0.2, 0.25) is 5.13 Å². The first kappa shape index (κ1) is 19.4. The van der Waals surface area contributed by atoms with Crippen LogP contribution in [0.25, 0.3) is 21.7 Å². The Morgan fingerprint density at radius 1 is 1.27 bits per heavy atom. The molecular weight excluding hydrogens is 410 g/mol. The van der Waals surface area contributed by atoms with Gasteiger partial charge in [-0.2, -0.15) is 5.10 Å². The summed E-state index contributed by atoms with van der Waals surface area (Å²) >= 11 is 1.21. The van der Waals surface area contributed by atoms with Crippen molar-refractivity contribution in [3.8, 4) is 27.4 Å². The number of nitrogens with zero attached hydrogens (tertiary/aromatic N) is 5. The Bertz CT molecular complexity index is 1090. The zero-order valence-corrected chi connectivity index (χ0v) is 17.4. The number of aromatic nitrogens is 4. The number of anilines is 1. The minimum atomic E-state index is -0.981. The molecule has 4 unspecified atom stereocenters. The third kappa shape index (κ3) is 3.24. The fourth-order valence-electron chi connectivity index (χ4n) is 4.47. The van der Waals surface area contributed by atoms with Crippen molar-refractivity contribution in [2.24, 2.45) is 7.05 Å². The second kappa shape index (κ2) is 7.28. The average Bonchev–Trinajstić information content (AvgIpc) is 3.46. The van der Waals surface area contributed by atoms with Crippen molar-refractivity contribution in [1.29, 1.82) is 0 Å². The second-order valence-electron chi connectivity index (χ2n) is 8.05. The minimum Gasteiger partial charge on any atom is -0.507 e. The van der Waals surface area contributed by atoms with Gasteiger partial charge in [-0.05, 0) is 31.4 Å². The van der Waals surface area contributed by atoms with Gasteiger partial charge in [0, 0.05) is 43.5 Å². The maximum Gasteiger partial charge on any atom is 0.208 e. The van der Waals surface area contributed by atoms with E-state index in [9.17, 15) is 13.9 Å². The summed E-state index contributed by atoms with van der Waals surface area (Å²) in [5.41, 5.74) is 1.10. The molecule has 2 N–H and O–H groups in total. The molecule has 2 aliphatic heterocycles. The largest absolute Gasteiger partial charge is 0.507 e. The van der Waals surface area contributed by atoms with Crippen LogP contribution in [-0.2, 0) is 7.05 Å². The number of phenolic OH excluding ortho intramolecular Hbond substituents is 1. The summed E-state index contributed by atoms with van der Waals surface area (Å²) in [7, 11) is 3.56. The highest BCUT2D eigenvalue weighted by atomic mass is 32.1. The van der Waals surface area contributed by atoms with E-state index in [0.717, 1.165) is 12.8 Å². The molecule has 30 heavy (non-hydrogen) atoms. The summed E-state index contributed by atoms with van der Waals surface area (Å²) in [5.74, 6) is -0.580. The van der Waals surface area contributed by atoms with Crippen LogP contribution in [0.5, 0.6) is 5.75 Å². The number of phenols is 1. The third-order valence-electron chi connectivity index (χ3n) is 6.10. The zero-order valence-electron chi connectivity index (χ0n) is 16.6. The molecule has 0 saturated carbocycles. The number of aryl methyl sites for hydroxylation is 1. The molecular formula is C20H22F2N6OS. The van der Waals surface area contributed by atoms with E-state index in [1.165, 1.54) is 29.7 Å². The number of halogens is 2. The summed E-state index contributed by atoms with van der Waals surface area (Å²) < 4.78 is 31.2. The van der Waals surface area contributed by atoms with Gasteiger partial charge < -0.3 is 15.3 Å². The molecule has 3 aromatic rings. The Morgan fingerprint density at radius 3 is 2.87 bits per heavy atom. The van der Waals surface area contributed by atoms with Gasteiger partial charge in [-0.25, -0.2) is 8.78 Å². The standard InChI is InChI=1S/C20H22F2N6OS/c1-27-9-10(8-23-27)12-7-17(29)13(6-14(12)21)19-25-26-20(30-19)28(2)16-5-11-3-4-15(24-11)18(16)22/h6-9,11,15-16,18,24,29H,3-5H2,1-2H3. The molecule has 0 radical (unpaired) electrons. The van der Waals surface area contributed by atoms with Crippen LogP contribution >= 0.6 is 11.3 Å². The van der Waals surface area contributed by atoms with Crippen LogP contribution in [0.1, 0.15) is 19.3 Å². The molecule has 2 bridgehead atoms. The van der Waals surface area contributed by atoms with Crippen LogP contribution in [0, 0.1) is 5.82 Å². The minimum absolute atomic E-state index is 0.0936. The van der Waals surface area contributed by atoms with Crippen LogP contribution in [0.3, 0.4) is 0 Å². The maximum atomic E-state index is 14.9. The van der Waals surface area contributed by atoms with Gasteiger partial charge in [-0.15, -0.1) is 10.2 Å². The van der Waals surface area contributed by atoms with Crippen LogP contribution in [-0.4, -0.2) is 56.4 Å². The van der Waals surface area contributed by atoms with Crippen molar-refractivity contribution >= 4 is 16.5 Å². The van der Waals surface area contributed by atoms with E-state index >= 15 is 0 Å². The highest BCUT2D eigenvalue weighted by molar-refractivity contribution is 7.18. The Kier molecular flexibility index (Phi) is 4.70. The second-order valence-corrected chi connectivity index (χ2v) is 9.00. The molecule has 0 spiro atoms. The predicted octanol–water partition coefficient (Wildman–Crippen LogP) is 3.12. The SMILES string of the molecule is CN(c1nnc(-c2cc(F)c(-c3cnn(C)c3)cc2O)s1)C1CC2CCC(N2)C1F. The molecule has 2 fully saturated rings. The summed E-state index contributed by atoms with van der Waals surface area (Å²) in [6.07, 6.45) is 4.79. The van der Waals surface area contributed by atoms with E-state index in [0.29, 0.717) is 28.2 Å². The number of rotatable bonds is 4. The van der Waals surface area contributed by atoms with E-state index in [-0.39, 0.29) is 29.0 Å². The Labute approximate surface area is 176 Å². The molecule has 7 nitrogen and oxygen atoms in total. The number of aromatic hydroxyl groups is 1. The lowest BCUT2D eigenvalue weighted by molar-refractivity contribution is 0.176. The van der Waals surface area contributed by atoms with Gasteiger partial charge in [-0.1, -0.05) is 11.3 Å². The molecule has 0 aliphatic carbocycles. The number of benzene rings is 1. The van der Waals surface area contributed by atoms with Crippen molar-refractivity contribution in [2.75, 3.05) is 11.9 Å². The predicted molar refractivity (Wildman–Crippen MR) is 111 cm³/mol. The molecule has 158 valence electrons. The van der Waals surface area contributed by atoms with Crippen molar-refractivity contribution in [2.45, 2.75) is 43.6 Å². The Balaban J connectivity index is 1.42. The molecule has 2 aliphatic rings. The lowest BCUT2D eigenvalue weighted by Crippen LogP contribution is -2.55. The van der Waals surface area contributed by atoms with Crippen LogP contribution in [0.15, 0.2) is 24.5 Å². The van der Waals surface area contributed by atoms with E-state index < -0.39 is 12.0 Å². The zero-order chi connectivity index (χ0) is 21.0. The fourth-order valence-corrected chi connectivity index (χ4v) is 5.36. The summed E-state index contributed by atoms with van der Waals surface area (Å²) in [5, 5.41) is 27.1. The highest BCUT2D eigenvalue weighted by Crippen LogP contribution is 2.40. The molecule has 5 rings (SSSR count). The van der Waals surface area contributed by atoms with Gasteiger partial charge in [0.25, 0.3) is 0 Å². The van der Waals surface area contributed by atoms with E-state index in [1.807, 2.05) is 11.9 Å². The topological polar surface area (TPSA) is 79.1 Å². The molecule has 4 atom stereocenters. The number of fused-ring (bicyclic) bond motifs is 2. The smallest absolute Gasteiger partial charge is 0.208 e. The number of hydrogen-bond donors (Lipinski definition) is 2. The first-order valence-electron chi connectivity index (χ1n) is 9.89. The lowest BCUT2D eigenvalue weighted by Gasteiger charge is -2.38. The van der Waals surface area contributed by atoms with E-state index in [1.54, 1.807) is 17.9 Å². The van der Waals surface area contributed by atoms with Crippen LogP contribution in [0.2, 0.25) is 0 Å². The number of alkyl halides is 1. The van der Waals surface area contributed by atoms with Gasteiger partial charge >= 0.3 is 0 Å². The first-order chi connectivity index (χ1) is 14.4. The first-order valence-corrected chi connectivity index (χ1v) is 10.7. The summed E-state index contributed by atoms with van der Waals surface area (Å²) in [6.45, 7) is 0. The van der Waals surface area contributed by atoms with Gasteiger partial charge in [0.15, 0.2) is 5.01 Å². The number of piperidine rings is 1. The summed E-state index contributed by atoms with van der Waals surface area (Å²) in [6, 6.07) is 2.57. The molecule has 2 aromatic heterocycles. The normalized spacial score (nSPS) is 25.6. The summed E-state index contributed by atoms with van der Waals surface area (Å²) in [4.78, 5) is 1.83. The quantitative estimate of drug-likeness (QED) is 0.660. The van der Waals surface area contributed by atoms with Gasteiger partial charge in [0.05, 0.1) is 17.8 Å².